The number of nitrogens with one attached hydrogen (secondary N) is 1. The molecule has 0 spiro atoms. The fourth-order valence-electron chi connectivity index (χ4n) is 2.71. The molecule has 2 rings (SSSR count). The van der Waals surface area contributed by atoms with Crippen molar-refractivity contribution in [2.24, 2.45) is 5.92 Å². The van der Waals surface area contributed by atoms with E-state index in [0.717, 1.165) is 31.6 Å². The first-order valence-electron chi connectivity index (χ1n) is 7.49. The molecule has 114 valence electrons. The summed E-state index contributed by atoms with van der Waals surface area (Å²) in [6.45, 7) is 5.24. The highest BCUT2D eigenvalue weighted by molar-refractivity contribution is 5.92. The van der Waals surface area contributed by atoms with Crippen molar-refractivity contribution >= 4 is 11.7 Å². The maximum absolute atomic E-state index is 12.4. The Kier molecular flexibility index (Phi) is 5.34. The Bertz CT molecular complexity index is 532. The van der Waals surface area contributed by atoms with Gasteiger partial charge < -0.3 is 10.1 Å². The molecule has 0 aliphatic carbocycles. The number of hydrogen-bond acceptors (Lipinski definition) is 4. The summed E-state index contributed by atoms with van der Waals surface area (Å²) < 4.78 is 7.40. The number of ether oxygens (including phenoxy) is 1. The van der Waals surface area contributed by atoms with E-state index in [1.807, 2.05) is 19.9 Å². The van der Waals surface area contributed by atoms with Crippen LogP contribution in [0.15, 0.2) is 6.07 Å². The van der Waals surface area contributed by atoms with Crippen LogP contribution in [0.5, 0.6) is 0 Å². The first-order chi connectivity index (χ1) is 10.2. The Morgan fingerprint density at radius 1 is 1.67 bits per heavy atom. The van der Waals surface area contributed by atoms with E-state index in [9.17, 15) is 4.79 Å². The molecule has 1 saturated heterocycles. The molecule has 1 aromatic rings. The van der Waals surface area contributed by atoms with Gasteiger partial charge in [-0.15, -0.1) is 0 Å². The number of nitrogens with zero attached hydrogens (tertiary/aromatic N) is 3. The third-order valence-corrected chi connectivity index (χ3v) is 3.85. The number of anilines is 1. The van der Waals surface area contributed by atoms with Crippen LogP contribution in [0, 0.1) is 24.2 Å². The molecule has 0 bridgehead atoms. The Labute approximate surface area is 125 Å². The molecule has 0 aromatic carbocycles. The zero-order valence-corrected chi connectivity index (χ0v) is 12.6. The van der Waals surface area contributed by atoms with Gasteiger partial charge in [-0.3, -0.25) is 9.48 Å². The van der Waals surface area contributed by atoms with Crippen molar-refractivity contribution < 1.29 is 9.53 Å². The van der Waals surface area contributed by atoms with Crippen LogP contribution < -0.4 is 5.32 Å². The maximum Gasteiger partial charge on any atom is 0.231 e. The molecule has 2 atom stereocenters. The van der Waals surface area contributed by atoms with Crippen LogP contribution in [-0.4, -0.2) is 28.4 Å². The summed E-state index contributed by atoms with van der Waals surface area (Å²) in [6.07, 6.45) is 3.03. The third kappa shape index (κ3) is 3.82. The lowest BCUT2D eigenvalue weighted by Gasteiger charge is -2.29. The molecule has 1 aromatic heterocycles. The van der Waals surface area contributed by atoms with Crippen LogP contribution in [0.2, 0.25) is 0 Å². The van der Waals surface area contributed by atoms with Crippen LogP contribution >= 0.6 is 0 Å². The van der Waals surface area contributed by atoms with E-state index >= 15 is 0 Å². The second-order valence-corrected chi connectivity index (χ2v) is 5.36. The molecule has 1 N–H and O–H groups in total. The van der Waals surface area contributed by atoms with Gasteiger partial charge in [-0.1, -0.05) is 6.92 Å². The summed E-state index contributed by atoms with van der Waals surface area (Å²) in [5.74, 6) is 0.427. The molecule has 1 aliphatic rings. The lowest BCUT2D eigenvalue weighted by Crippen LogP contribution is -2.37. The normalized spacial score (nSPS) is 21.8. The van der Waals surface area contributed by atoms with Crippen molar-refractivity contribution in [2.75, 3.05) is 11.9 Å². The van der Waals surface area contributed by atoms with Crippen molar-refractivity contribution in [3.8, 4) is 6.07 Å². The second-order valence-electron chi connectivity index (χ2n) is 5.36. The number of aryl methyl sites for hydroxylation is 2. The fourth-order valence-corrected chi connectivity index (χ4v) is 2.71. The zero-order chi connectivity index (χ0) is 15.2. The monoisotopic (exact) mass is 290 g/mol. The van der Waals surface area contributed by atoms with Gasteiger partial charge >= 0.3 is 0 Å². The van der Waals surface area contributed by atoms with Gasteiger partial charge in [-0.05, 0) is 26.2 Å². The van der Waals surface area contributed by atoms with Crippen molar-refractivity contribution in [1.82, 2.24) is 9.78 Å². The lowest BCUT2D eigenvalue weighted by molar-refractivity contribution is -0.129. The average Bonchev–Trinajstić information content (AvgIpc) is 2.84. The Morgan fingerprint density at radius 3 is 3.19 bits per heavy atom. The van der Waals surface area contributed by atoms with Crippen LogP contribution in [0.3, 0.4) is 0 Å². The van der Waals surface area contributed by atoms with Crippen LogP contribution in [0.4, 0.5) is 5.82 Å². The Balaban J connectivity index is 2.00. The topological polar surface area (TPSA) is 79.9 Å². The lowest BCUT2D eigenvalue weighted by atomic mass is 9.92. The van der Waals surface area contributed by atoms with Crippen molar-refractivity contribution in [3.05, 3.63) is 11.8 Å². The molecule has 1 fully saturated rings. The summed E-state index contributed by atoms with van der Waals surface area (Å²) >= 11 is 0. The summed E-state index contributed by atoms with van der Waals surface area (Å²) in [6, 6.07) is 3.93. The van der Waals surface area contributed by atoms with Gasteiger partial charge in [0.25, 0.3) is 0 Å². The van der Waals surface area contributed by atoms with Gasteiger partial charge in [0.05, 0.1) is 31.1 Å². The van der Waals surface area contributed by atoms with Crippen molar-refractivity contribution in [3.63, 3.8) is 0 Å². The van der Waals surface area contributed by atoms with Crippen LogP contribution in [0.1, 0.15) is 38.3 Å². The van der Waals surface area contributed by atoms with E-state index in [-0.39, 0.29) is 17.9 Å². The summed E-state index contributed by atoms with van der Waals surface area (Å²) in [5, 5.41) is 15.8. The molecule has 1 amide bonds. The molecule has 21 heavy (non-hydrogen) atoms. The van der Waals surface area contributed by atoms with Gasteiger partial charge in [-0.25, -0.2) is 0 Å². The standard InChI is InChI=1S/C15H22N4O2/c1-3-13-12(6-4-9-21-13)15(20)17-14-10-11(2)19(18-14)8-5-7-16/h10,12-13H,3-6,8-9H2,1-2H3,(H,17,18,20). The molecule has 6 nitrogen and oxygen atoms in total. The smallest absolute Gasteiger partial charge is 0.231 e. The largest absolute Gasteiger partial charge is 0.377 e. The first kappa shape index (κ1) is 15.5. The summed E-state index contributed by atoms with van der Waals surface area (Å²) in [7, 11) is 0. The fraction of sp³-hybridized carbons (Fsp3) is 0.667. The van der Waals surface area contributed by atoms with E-state index in [2.05, 4.69) is 16.5 Å². The number of amides is 1. The molecular weight excluding hydrogens is 268 g/mol. The van der Waals surface area contributed by atoms with Gasteiger partial charge in [0.2, 0.25) is 5.91 Å². The summed E-state index contributed by atoms with van der Waals surface area (Å²) in [5.41, 5.74) is 0.937. The number of hydrogen-bond donors (Lipinski definition) is 1. The molecule has 6 heteroatoms. The van der Waals surface area contributed by atoms with Gasteiger partial charge in [0.15, 0.2) is 5.82 Å². The average molecular weight is 290 g/mol. The highest BCUT2D eigenvalue weighted by Gasteiger charge is 2.31. The highest BCUT2D eigenvalue weighted by Crippen LogP contribution is 2.24. The molecule has 2 unspecified atom stereocenters. The van der Waals surface area contributed by atoms with E-state index in [4.69, 9.17) is 10.00 Å². The second kappa shape index (κ2) is 7.23. The molecule has 0 radical (unpaired) electrons. The number of carbonyl (C=O) groups excluding carboxylic acids is 1. The number of aromatic nitrogens is 2. The molecule has 2 heterocycles. The SMILES string of the molecule is CCC1OCCCC1C(=O)Nc1cc(C)n(CCC#N)n1. The van der Waals surface area contributed by atoms with Crippen molar-refractivity contribution in [1.29, 1.82) is 5.26 Å². The number of nitriles is 1. The minimum atomic E-state index is -0.103. The Hall–Kier alpha value is -1.87. The van der Waals surface area contributed by atoms with Gasteiger partial charge in [0.1, 0.15) is 0 Å². The molecular formula is C15H22N4O2. The minimum absolute atomic E-state index is 0.000483. The number of carbonyl (C=O) groups is 1. The summed E-state index contributed by atoms with van der Waals surface area (Å²) in [4.78, 5) is 12.4. The molecule has 0 saturated carbocycles. The quantitative estimate of drug-likeness (QED) is 0.902. The maximum atomic E-state index is 12.4. The van der Waals surface area contributed by atoms with E-state index in [0.29, 0.717) is 18.8 Å². The Morgan fingerprint density at radius 2 is 2.48 bits per heavy atom. The van der Waals surface area contributed by atoms with Gasteiger partial charge in [0, 0.05) is 18.4 Å². The van der Waals surface area contributed by atoms with Crippen molar-refractivity contribution in [2.45, 2.75) is 52.2 Å². The minimum Gasteiger partial charge on any atom is -0.377 e. The van der Waals surface area contributed by atoms with E-state index in [1.54, 1.807) is 4.68 Å². The first-order valence-corrected chi connectivity index (χ1v) is 7.49. The highest BCUT2D eigenvalue weighted by atomic mass is 16.5. The number of rotatable bonds is 5. The van der Waals surface area contributed by atoms with E-state index in [1.165, 1.54) is 0 Å². The van der Waals surface area contributed by atoms with Gasteiger partial charge in [-0.2, -0.15) is 10.4 Å². The predicted molar refractivity (Wildman–Crippen MR) is 78.6 cm³/mol. The van der Waals surface area contributed by atoms with Crippen LogP contribution in [0.25, 0.3) is 0 Å². The van der Waals surface area contributed by atoms with Crippen LogP contribution in [-0.2, 0) is 16.1 Å². The van der Waals surface area contributed by atoms with E-state index < -0.39 is 0 Å². The zero-order valence-electron chi connectivity index (χ0n) is 12.6. The molecule has 1 aliphatic heterocycles. The predicted octanol–water partition coefficient (Wildman–Crippen LogP) is 2.25. The third-order valence-electron chi connectivity index (χ3n) is 3.85.